The zero-order chi connectivity index (χ0) is 11.7. The predicted octanol–water partition coefficient (Wildman–Crippen LogP) is 2.81. The molecule has 0 aliphatic heterocycles. The fraction of sp³-hybridized carbons (Fsp3) is 0.182. The van der Waals surface area contributed by atoms with Crippen molar-refractivity contribution in [3.05, 3.63) is 51.5 Å². The molecule has 5 heteroatoms. The van der Waals surface area contributed by atoms with Crippen LogP contribution >= 0.6 is 11.3 Å². The highest BCUT2D eigenvalue weighted by Crippen LogP contribution is 2.27. The van der Waals surface area contributed by atoms with E-state index in [4.69, 9.17) is 0 Å². The van der Waals surface area contributed by atoms with Crippen LogP contribution in [0.2, 0.25) is 0 Å². The van der Waals surface area contributed by atoms with Gasteiger partial charge in [-0.3, -0.25) is 0 Å². The first-order chi connectivity index (χ1) is 7.61. The van der Waals surface area contributed by atoms with Crippen LogP contribution in [0, 0.1) is 18.6 Å². The van der Waals surface area contributed by atoms with Crippen LogP contribution in [0.4, 0.5) is 8.78 Å². The molecule has 2 aromatic rings. The van der Waals surface area contributed by atoms with Crippen LogP contribution in [0.25, 0.3) is 0 Å². The molecule has 1 heterocycles. The average Bonchev–Trinajstić information content (AvgIpc) is 2.79. The van der Waals surface area contributed by atoms with Crippen LogP contribution in [0.15, 0.2) is 23.7 Å². The summed E-state index contributed by atoms with van der Waals surface area (Å²) < 4.78 is 26.8. The van der Waals surface area contributed by atoms with Gasteiger partial charge in [-0.1, -0.05) is 12.1 Å². The minimum atomic E-state index is -1.21. The Bertz CT molecular complexity index is 499. The van der Waals surface area contributed by atoms with Gasteiger partial charge in [0.2, 0.25) is 0 Å². The Balaban J connectivity index is 2.45. The van der Waals surface area contributed by atoms with Gasteiger partial charge in [0.15, 0.2) is 11.6 Å². The van der Waals surface area contributed by atoms with Crippen LogP contribution in [0.5, 0.6) is 0 Å². The summed E-state index contributed by atoms with van der Waals surface area (Å²) >= 11 is 1.19. The Kier molecular flexibility index (Phi) is 2.98. The van der Waals surface area contributed by atoms with E-state index in [9.17, 15) is 13.9 Å². The Morgan fingerprint density at radius 1 is 1.31 bits per heavy atom. The predicted molar refractivity (Wildman–Crippen MR) is 57.3 cm³/mol. The Labute approximate surface area is 95.2 Å². The summed E-state index contributed by atoms with van der Waals surface area (Å²) in [6.45, 7) is 1.47. The van der Waals surface area contributed by atoms with Crippen LogP contribution in [-0.2, 0) is 0 Å². The van der Waals surface area contributed by atoms with Crippen molar-refractivity contribution in [2.75, 3.05) is 0 Å². The number of nitrogens with zero attached hydrogens (tertiary/aromatic N) is 1. The normalized spacial score (nSPS) is 12.8. The van der Waals surface area contributed by atoms with E-state index in [1.165, 1.54) is 36.6 Å². The second kappa shape index (κ2) is 4.27. The van der Waals surface area contributed by atoms with Crippen molar-refractivity contribution < 1.29 is 13.9 Å². The first kappa shape index (κ1) is 11.2. The first-order valence-electron chi connectivity index (χ1n) is 4.63. The number of rotatable bonds is 2. The monoisotopic (exact) mass is 241 g/mol. The fourth-order valence-corrected chi connectivity index (χ4v) is 2.01. The third kappa shape index (κ3) is 1.83. The van der Waals surface area contributed by atoms with Crippen LogP contribution in [-0.4, -0.2) is 10.1 Å². The molecule has 0 bridgehead atoms. The molecule has 0 fully saturated rings. The summed E-state index contributed by atoms with van der Waals surface area (Å²) in [5.41, 5.74) is 0.130. The van der Waals surface area contributed by atoms with E-state index < -0.39 is 17.7 Å². The van der Waals surface area contributed by atoms with Gasteiger partial charge in [-0.25, -0.2) is 13.8 Å². The SMILES string of the molecule is Cc1ccc(C(O)c2nccs2)c(F)c1F. The Morgan fingerprint density at radius 2 is 2.06 bits per heavy atom. The minimum Gasteiger partial charge on any atom is -0.381 e. The molecular formula is C11H9F2NOS. The van der Waals surface area contributed by atoms with Crippen molar-refractivity contribution in [2.45, 2.75) is 13.0 Å². The van der Waals surface area contributed by atoms with Gasteiger partial charge in [0, 0.05) is 17.1 Å². The lowest BCUT2D eigenvalue weighted by Gasteiger charge is -2.10. The first-order valence-corrected chi connectivity index (χ1v) is 5.51. The van der Waals surface area contributed by atoms with Gasteiger partial charge in [-0.15, -0.1) is 11.3 Å². The summed E-state index contributed by atoms with van der Waals surface area (Å²) in [5, 5.41) is 11.8. The number of aromatic nitrogens is 1. The highest BCUT2D eigenvalue weighted by atomic mass is 32.1. The second-order valence-corrected chi connectivity index (χ2v) is 4.30. The van der Waals surface area contributed by atoms with E-state index >= 15 is 0 Å². The maximum absolute atomic E-state index is 13.5. The molecule has 2 nitrogen and oxygen atoms in total. The van der Waals surface area contributed by atoms with E-state index in [1.54, 1.807) is 5.38 Å². The van der Waals surface area contributed by atoms with Gasteiger partial charge in [0.1, 0.15) is 11.1 Å². The maximum Gasteiger partial charge on any atom is 0.165 e. The standard InChI is InChI=1S/C11H9F2NOS/c1-6-2-3-7(9(13)8(6)12)10(15)11-14-4-5-16-11/h2-5,10,15H,1H3. The van der Waals surface area contributed by atoms with E-state index in [2.05, 4.69) is 4.98 Å². The molecule has 2 rings (SSSR count). The molecule has 1 aromatic carbocycles. The van der Waals surface area contributed by atoms with Gasteiger partial charge in [-0.05, 0) is 12.5 Å². The fourth-order valence-electron chi connectivity index (χ4n) is 1.37. The Morgan fingerprint density at radius 3 is 2.69 bits per heavy atom. The zero-order valence-corrected chi connectivity index (χ0v) is 9.26. The smallest absolute Gasteiger partial charge is 0.165 e. The minimum absolute atomic E-state index is 0.0851. The van der Waals surface area contributed by atoms with Gasteiger partial charge in [-0.2, -0.15) is 0 Å². The van der Waals surface area contributed by atoms with Crippen molar-refractivity contribution in [3.63, 3.8) is 0 Å². The molecular weight excluding hydrogens is 232 g/mol. The van der Waals surface area contributed by atoms with Crippen LogP contribution < -0.4 is 0 Å². The number of benzene rings is 1. The van der Waals surface area contributed by atoms with Crippen molar-refractivity contribution in [3.8, 4) is 0 Å². The molecule has 0 amide bonds. The maximum atomic E-state index is 13.5. The number of thiazole rings is 1. The van der Waals surface area contributed by atoms with Gasteiger partial charge in [0.05, 0.1) is 0 Å². The summed E-state index contributed by atoms with van der Waals surface area (Å²) in [7, 11) is 0. The zero-order valence-electron chi connectivity index (χ0n) is 8.45. The molecule has 0 saturated heterocycles. The summed E-state index contributed by atoms with van der Waals surface area (Å²) in [4.78, 5) is 3.87. The van der Waals surface area contributed by atoms with Crippen LogP contribution in [0.3, 0.4) is 0 Å². The third-order valence-electron chi connectivity index (χ3n) is 2.29. The molecule has 84 valence electrons. The van der Waals surface area contributed by atoms with Crippen molar-refractivity contribution in [2.24, 2.45) is 0 Å². The third-order valence-corrected chi connectivity index (χ3v) is 3.11. The topological polar surface area (TPSA) is 33.1 Å². The lowest BCUT2D eigenvalue weighted by Crippen LogP contribution is -2.04. The second-order valence-electron chi connectivity index (χ2n) is 3.37. The highest BCUT2D eigenvalue weighted by molar-refractivity contribution is 7.09. The van der Waals surface area contributed by atoms with E-state index in [0.717, 1.165) is 0 Å². The number of hydrogen-bond acceptors (Lipinski definition) is 3. The molecule has 16 heavy (non-hydrogen) atoms. The molecule has 1 aromatic heterocycles. The molecule has 0 spiro atoms. The lowest BCUT2D eigenvalue weighted by atomic mass is 10.1. The molecule has 1 unspecified atom stereocenters. The largest absolute Gasteiger partial charge is 0.381 e. The summed E-state index contributed by atoms with van der Waals surface area (Å²) in [6, 6.07) is 2.81. The summed E-state index contributed by atoms with van der Waals surface area (Å²) in [6.07, 6.45) is 0.293. The molecule has 0 saturated carbocycles. The van der Waals surface area contributed by atoms with E-state index in [1.807, 2.05) is 0 Å². The number of halogens is 2. The summed E-state index contributed by atoms with van der Waals surface area (Å²) in [5.74, 6) is -1.93. The van der Waals surface area contributed by atoms with E-state index in [-0.39, 0.29) is 11.1 Å². The van der Waals surface area contributed by atoms with Gasteiger partial charge < -0.3 is 5.11 Å². The number of hydrogen-bond donors (Lipinski definition) is 1. The molecule has 1 atom stereocenters. The van der Waals surface area contributed by atoms with Gasteiger partial charge >= 0.3 is 0 Å². The molecule has 0 radical (unpaired) electrons. The van der Waals surface area contributed by atoms with Crippen molar-refractivity contribution >= 4 is 11.3 Å². The number of aryl methyl sites for hydroxylation is 1. The average molecular weight is 241 g/mol. The molecule has 0 aliphatic carbocycles. The lowest BCUT2D eigenvalue weighted by molar-refractivity contribution is 0.212. The van der Waals surface area contributed by atoms with Crippen molar-refractivity contribution in [1.82, 2.24) is 4.98 Å². The number of aliphatic hydroxyl groups is 1. The highest BCUT2D eigenvalue weighted by Gasteiger charge is 2.20. The van der Waals surface area contributed by atoms with E-state index in [0.29, 0.717) is 5.01 Å². The molecule has 1 N–H and O–H groups in total. The quantitative estimate of drug-likeness (QED) is 0.877. The van der Waals surface area contributed by atoms with Crippen LogP contribution in [0.1, 0.15) is 22.2 Å². The van der Waals surface area contributed by atoms with Gasteiger partial charge in [0.25, 0.3) is 0 Å². The van der Waals surface area contributed by atoms with Crippen molar-refractivity contribution in [1.29, 1.82) is 0 Å². The Hall–Kier alpha value is -1.33. The number of aliphatic hydroxyl groups excluding tert-OH is 1. The molecule has 0 aliphatic rings.